The van der Waals surface area contributed by atoms with Gasteiger partial charge in [-0.05, 0) is 43.1 Å². The molecule has 1 unspecified atom stereocenters. The molecule has 106 valence electrons. The van der Waals surface area contributed by atoms with E-state index in [2.05, 4.69) is 5.32 Å². The van der Waals surface area contributed by atoms with Crippen molar-refractivity contribution in [3.05, 3.63) is 70.8 Å². The monoisotopic (exact) mass is 275 g/mol. The van der Waals surface area contributed by atoms with Gasteiger partial charge in [0.1, 0.15) is 11.6 Å². The molecule has 0 radical (unpaired) electrons. The fourth-order valence-electron chi connectivity index (χ4n) is 2.33. The summed E-state index contributed by atoms with van der Waals surface area (Å²) >= 11 is 0. The van der Waals surface area contributed by atoms with Crippen molar-refractivity contribution in [2.24, 2.45) is 0 Å². The minimum atomic E-state index is -0.254. The second-order valence-electron chi connectivity index (χ2n) is 4.92. The van der Waals surface area contributed by atoms with Crippen LogP contribution in [0.2, 0.25) is 0 Å². The van der Waals surface area contributed by atoms with E-state index in [0.29, 0.717) is 17.5 Å². The highest BCUT2D eigenvalue weighted by molar-refractivity contribution is 5.29. The Bertz CT molecular complexity index is 564. The number of nitrogens with one attached hydrogen (secondary N) is 1. The molecule has 0 aliphatic carbocycles. The minimum Gasteiger partial charge on any atom is -0.310 e. The first-order chi connectivity index (χ1) is 9.61. The Kier molecular flexibility index (Phi) is 4.85. The standard InChI is InChI=1S/C17H19F2N/c1-3-20-16(11-13-7-9-14(18)10-8-13)15-6-4-5-12(2)17(15)19/h4-10,16,20H,3,11H2,1-2H3. The molecule has 0 saturated heterocycles. The average molecular weight is 275 g/mol. The second kappa shape index (κ2) is 6.62. The summed E-state index contributed by atoms with van der Waals surface area (Å²) in [7, 11) is 0. The van der Waals surface area contributed by atoms with Crippen LogP contribution < -0.4 is 5.32 Å². The number of halogens is 2. The Morgan fingerprint density at radius 2 is 1.75 bits per heavy atom. The third-order valence-electron chi connectivity index (χ3n) is 3.40. The van der Waals surface area contributed by atoms with Crippen molar-refractivity contribution in [3.63, 3.8) is 0 Å². The molecule has 1 atom stereocenters. The molecule has 0 saturated carbocycles. The first-order valence-corrected chi connectivity index (χ1v) is 6.84. The lowest BCUT2D eigenvalue weighted by Crippen LogP contribution is -2.24. The molecule has 0 fully saturated rings. The summed E-state index contributed by atoms with van der Waals surface area (Å²) in [5, 5.41) is 3.30. The molecule has 1 nitrogen and oxygen atoms in total. The van der Waals surface area contributed by atoms with E-state index in [1.54, 1.807) is 31.2 Å². The molecule has 20 heavy (non-hydrogen) atoms. The summed E-state index contributed by atoms with van der Waals surface area (Å²) in [5.41, 5.74) is 2.29. The summed E-state index contributed by atoms with van der Waals surface area (Å²) in [6.45, 7) is 4.50. The second-order valence-corrected chi connectivity index (χ2v) is 4.92. The maximum Gasteiger partial charge on any atom is 0.130 e. The van der Waals surface area contributed by atoms with E-state index >= 15 is 0 Å². The van der Waals surface area contributed by atoms with Gasteiger partial charge in [-0.25, -0.2) is 8.78 Å². The lowest BCUT2D eigenvalue weighted by Gasteiger charge is -2.20. The van der Waals surface area contributed by atoms with E-state index in [1.165, 1.54) is 12.1 Å². The molecule has 0 spiro atoms. The van der Waals surface area contributed by atoms with Gasteiger partial charge < -0.3 is 5.32 Å². The van der Waals surface area contributed by atoms with Crippen LogP contribution in [0.15, 0.2) is 42.5 Å². The van der Waals surface area contributed by atoms with Crippen molar-refractivity contribution in [2.75, 3.05) is 6.54 Å². The topological polar surface area (TPSA) is 12.0 Å². The summed E-state index contributed by atoms with van der Waals surface area (Å²) in [6.07, 6.45) is 0.633. The molecule has 2 rings (SSSR count). The number of hydrogen-bond donors (Lipinski definition) is 1. The van der Waals surface area contributed by atoms with Crippen molar-refractivity contribution in [1.29, 1.82) is 0 Å². The first-order valence-electron chi connectivity index (χ1n) is 6.84. The normalized spacial score (nSPS) is 12.4. The van der Waals surface area contributed by atoms with E-state index in [9.17, 15) is 8.78 Å². The molecule has 0 heterocycles. The highest BCUT2D eigenvalue weighted by Gasteiger charge is 2.16. The van der Waals surface area contributed by atoms with Crippen LogP contribution >= 0.6 is 0 Å². The summed E-state index contributed by atoms with van der Waals surface area (Å²) in [6, 6.07) is 11.7. The van der Waals surface area contributed by atoms with Gasteiger partial charge in [0.05, 0.1) is 0 Å². The Hall–Kier alpha value is -1.74. The van der Waals surface area contributed by atoms with Gasteiger partial charge in [-0.3, -0.25) is 0 Å². The van der Waals surface area contributed by atoms with Gasteiger partial charge >= 0.3 is 0 Å². The van der Waals surface area contributed by atoms with Crippen LogP contribution in [0.4, 0.5) is 8.78 Å². The smallest absolute Gasteiger partial charge is 0.130 e. The fourth-order valence-corrected chi connectivity index (χ4v) is 2.33. The molecule has 0 amide bonds. The third-order valence-corrected chi connectivity index (χ3v) is 3.40. The lowest BCUT2D eigenvalue weighted by molar-refractivity contribution is 0.506. The Balaban J connectivity index is 2.26. The number of hydrogen-bond acceptors (Lipinski definition) is 1. The zero-order valence-corrected chi connectivity index (χ0v) is 11.8. The van der Waals surface area contributed by atoms with Gasteiger partial charge in [-0.15, -0.1) is 0 Å². The molecule has 2 aromatic carbocycles. The SMILES string of the molecule is CCNC(Cc1ccc(F)cc1)c1cccc(C)c1F. The van der Waals surface area contributed by atoms with E-state index in [0.717, 1.165) is 12.1 Å². The maximum absolute atomic E-state index is 14.2. The molecule has 0 bridgehead atoms. The Morgan fingerprint density at radius 3 is 2.40 bits per heavy atom. The minimum absolute atomic E-state index is 0.106. The quantitative estimate of drug-likeness (QED) is 0.863. The molecule has 0 aromatic heterocycles. The van der Waals surface area contributed by atoms with E-state index in [4.69, 9.17) is 0 Å². The number of rotatable bonds is 5. The molecule has 1 N–H and O–H groups in total. The third kappa shape index (κ3) is 3.42. The van der Waals surface area contributed by atoms with Crippen LogP contribution in [0.3, 0.4) is 0 Å². The van der Waals surface area contributed by atoms with Crippen molar-refractivity contribution in [3.8, 4) is 0 Å². The average Bonchev–Trinajstić information content (AvgIpc) is 2.44. The fraction of sp³-hybridized carbons (Fsp3) is 0.294. The van der Waals surface area contributed by atoms with Gasteiger partial charge in [0.15, 0.2) is 0 Å². The van der Waals surface area contributed by atoms with Crippen LogP contribution in [0.25, 0.3) is 0 Å². The summed E-state index contributed by atoms with van der Waals surface area (Å²) in [5.74, 6) is -0.420. The highest BCUT2D eigenvalue weighted by atomic mass is 19.1. The van der Waals surface area contributed by atoms with Crippen LogP contribution in [-0.2, 0) is 6.42 Å². The van der Waals surface area contributed by atoms with Gasteiger partial charge in [-0.2, -0.15) is 0 Å². The summed E-state index contributed by atoms with van der Waals surface area (Å²) in [4.78, 5) is 0. The maximum atomic E-state index is 14.2. The zero-order chi connectivity index (χ0) is 14.5. The molecule has 2 aromatic rings. The highest BCUT2D eigenvalue weighted by Crippen LogP contribution is 2.23. The molecular weight excluding hydrogens is 256 g/mol. The molecular formula is C17H19F2N. The number of likely N-dealkylation sites (N-methyl/N-ethyl adjacent to an activating group) is 1. The van der Waals surface area contributed by atoms with Crippen molar-refractivity contribution < 1.29 is 8.78 Å². The van der Waals surface area contributed by atoms with Crippen LogP contribution in [0, 0.1) is 18.6 Å². The van der Waals surface area contributed by atoms with E-state index < -0.39 is 0 Å². The van der Waals surface area contributed by atoms with Crippen LogP contribution in [-0.4, -0.2) is 6.54 Å². The van der Waals surface area contributed by atoms with Crippen molar-refractivity contribution in [1.82, 2.24) is 5.32 Å². The lowest BCUT2D eigenvalue weighted by atomic mass is 9.97. The van der Waals surface area contributed by atoms with E-state index in [1.807, 2.05) is 13.0 Å². The largest absolute Gasteiger partial charge is 0.310 e. The number of aryl methyl sites for hydroxylation is 1. The van der Waals surface area contributed by atoms with Crippen LogP contribution in [0.5, 0.6) is 0 Å². The van der Waals surface area contributed by atoms with Gasteiger partial charge in [0, 0.05) is 11.6 Å². The summed E-state index contributed by atoms with van der Waals surface area (Å²) < 4.78 is 27.2. The molecule has 0 aliphatic heterocycles. The predicted molar refractivity (Wildman–Crippen MR) is 77.7 cm³/mol. The van der Waals surface area contributed by atoms with Crippen molar-refractivity contribution >= 4 is 0 Å². The predicted octanol–water partition coefficient (Wildman–Crippen LogP) is 4.17. The van der Waals surface area contributed by atoms with Gasteiger partial charge in [-0.1, -0.05) is 37.3 Å². The van der Waals surface area contributed by atoms with Gasteiger partial charge in [0.2, 0.25) is 0 Å². The Morgan fingerprint density at radius 1 is 1.05 bits per heavy atom. The van der Waals surface area contributed by atoms with E-state index in [-0.39, 0.29) is 17.7 Å². The van der Waals surface area contributed by atoms with Crippen molar-refractivity contribution in [2.45, 2.75) is 26.3 Å². The van der Waals surface area contributed by atoms with Gasteiger partial charge in [0.25, 0.3) is 0 Å². The molecule has 0 aliphatic rings. The Labute approximate surface area is 118 Å². The molecule has 3 heteroatoms. The number of benzene rings is 2. The first kappa shape index (κ1) is 14.7. The van der Waals surface area contributed by atoms with Crippen LogP contribution in [0.1, 0.15) is 29.7 Å². The zero-order valence-electron chi connectivity index (χ0n) is 11.8.